The predicted octanol–water partition coefficient (Wildman–Crippen LogP) is 3.48. The molecule has 114 valence electrons. The van der Waals surface area contributed by atoms with E-state index in [9.17, 15) is 13.6 Å². The summed E-state index contributed by atoms with van der Waals surface area (Å²) in [5, 5.41) is 7.32. The minimum absolute atomic E-state index is 0.106. The van der Waals surface area contributed by atoms with Crippen molar-refractivity contribution in [3.05, 3.63) is 38.5 Å². The second-order valence-corrected chi connectivity index (χ2v) is 5.02. The molecule has 21 heavy (non-hydrogen) atoms. The average molecular weight is 337 g/mol. The molecule has 0 saturated carbocycles. The van der Waals surface area contributed by atoms with Gasteiger partial charge < -0.3 is 5.32 Å². The van der Waals surface area contributed by atoms with Gasteiger partial charge in [0.25, 0.3) is 0 Å². The van der Waals surface area contributed by atoms with Gasteiger partial charge in [-0.2, -0.15) is 13.5 Å². The van der Waals surface area contributed by atoms with E-state index in [1.807, 2.05) is 6.92 Å². The molecule has 0 aliphatic rings. The van der Waals surface area contributed by atoms with Crippen LogP contribution in [-0.2, 0) is 0 Å². The molecule has 0 unspecified atom stereocenters. The lowest BCUT2D eigenvalue weighted by Crippen LogP contribution is -2.25. The first-order chi connectivity index (χ1) is 9.86. The fraction of sp³-hybridized carbons (Fsp3) is 0.333. The first-order valence-corrected chi connectivity index (χ1v) is 6.82. The molecule has 1 aromatic heterocycles. The van der Waals surface area contributed by atoms with E-state index in [0.717, 1.165) is 4.68 Å². The third-order valence-corrected chi connectivity index (χ3v) is 3.42. The summed E-state index contributed by atoms with van der Waals surface area (Å²) in [6.45, 7) is 0.816. The number of halogens is 4. The Hall–Kier alpha value is -1.60. The maximum Gasteiger partial charge on any atom is 0.355 e. The van der Waals surface area contributed by atoms with Gasteiger partial charge in [0.1, 0.15) is 5.82 Å². The number of hydrogen-bond donors (Lipinski definition) is 1. The van der Waals surface area contributed by atoms with Crippen LogP contribution < -0.4 is 11.0 Å². The van der Waals surface area contributed by atoms with Gasteiger partial charge in [0.05, 0.1) is 21.4 Å². The number of anilines is 1. The molecule has 1 heterocycles. The lowest BCUT2D eigenvalue weighted by Gasteiger charge is -2.10. The van der Waals surface area contributed by atoms with Crippen molar-refractivity contribution >= 4 is 28.9 Å². The summed E-state index contributed by atoms with van der Waals surface area (Å²) >= 11 is 12.1. The molecule has 0 atom stereocenters. The quantitative estimate of drug-likeness (QED) is 0.929. The molecule has 0 fully saturated rings. The van der Waals surface area contributed by atoms with E-state index in [4.69, 9.17) is 23.2 Å². The van der Waals surface area contributed by atoms with Gasteiger partial charge in [0.2, 0.25) is 0 Å². The van der Waals surface area contributed by atoms with E-state index >= 15 is 0 Å². The van der Waals surface area contributed by atoms with Crippen molar-refractivity contribution in [2.45, 2.75) is 20.4 Å². The van der Waals surface area contributed by atoms with E-state index in [0.29, 0.717) is 17.3 Å². The van der Waals surface area contributed by atoms with Crippen LogP contribution in [0, 0.1) is 6.92 Å². The van der Waals surface area contributed by atoms with Crippen molar-refractivity contribution in [3.8, 4) is 5.69 Å². The Morgan fingerprint density at radius 1 is 1.33 bits per heavy atom. The van der Waals surface area contributed by atoms with Crippen molar-refractivity contribution in [2.75, 3.05) is 11.9 Å². The van der Waals surface area contributed by atoms with Crippen LogP contribution in [0.2, 0.25) is 10.0 Å². The van der Waals surface area contributed by atoms with Gasteiger partial charge in [0, 0.05) is 6.54 Å². The van der Waals surface area contributed by atoms with Crippen molar-refractivity contribution in [1.29, 1.82) is 0 Å². The second kappa shape index (κ2) is 6.03. The number of rotatable bonds is 4. The molecule has 5 nitrogen and oxygen atoms in total. The Bertz CT molecular complexity index is 727. The van der Waals surface area contributed by atoms with Crippen LogP contribution in [0.4, 0.5) is 14.5 Å². The Morgan fingerprint density at radius 3 is 2.52 bits per heavy atom. The van der Waals surface area contributed by atoms with Gasteiger partial charge in [-0.15, -0.1) is 5.10 Å². The van der Waals surface area contributed by atoms with Crippen LogP contribution >= 0.6 is 23.2 Å². The fourth-order valence-electron chi connectivity index (χ4n) is 1.88. The molecule has 0 saturated heterocycles. The lowest BCUT2D eigenvalue weighted by molar-refractivity contribution is 0.0640. The zero-order chi connectivity index (χ0) is 15.7. The van der Waals surface area contributed by atoms with E-state index in [1.54, 1.807) is 0 Å². The topological polar surface area (TPSA) is 51.9 Å². The Labute approximate surface area is 129 Å². The van der Waals surface area contributed by atoms with Gasteiger partial charge in [-0.3, -0.25) is 0 Å². The van der Waals surface area contributed by atoms with E-state index in [1.165, 1.54) is 19.1 Å². The van der Waals surface area contributed by atoms with E-state index in [2.05, 4.69) is 10.4 Å². The molecule has 0 radical (unpaired) electrons. The number of aryl methyl sites for hydroxylation is 1. The highest BCUT2D eigenvalue weighted by Crippen LogP contribution is 2.30. The maximum atomic E-state index is 12.8. The standard InChI is InChI=1S/C12H12Cl2F2N4O/c1-3-17-9-5-10(8(14)4-7(9)13)20-12(21)19(11(15)16)6(2)18-20/h4-5,11,17H,3H2,1-2H3. The van der Waals surface area contributed by atoms with Crippen LogP contribution in [0.5, 0.6) is 0 Å². The summed E-state index contributed by atoms with van der Waals surface area (Å²) < 4.78 is 26.8. The van der Waals surface area contributed by atoms with Crippen LogP contribution in [0.1, 0.15) is 19.3 Å². The number of nitrogens with one attached hydrogen (secondary N) is 1. The van der Waals surface area contributed by atoms with Gasteiger partial charge >= 0.3 is 12.2 Å². The van der Waals surface area contributed by atoms with Crippen molar-refractivity contribution < 1.29 is 8.78 Å². The summed E-state index contributed by atoms with van der Waals surface area (Å²) in [5.74, 6) is -0.106. The molecule has 2 aromatic rings. The third-order valence-electron chi connectivity index (χ3n) is 2.81. The van der Waals surface area contributed by atoms with Crippen molar-refractivity contribution in [2.24, 2.45) is 0 Å². The second-order valence-electron chi connectivity index (χ2n) is 4.20. The molecule has 0 aliphatic heterocycles. The lowest BCUT2D eigenvalue weighted by atomic mass is 10.2. The molecule has 1 N–H and O–H groups in total. The number of hydrogen-bond acceptors (Lipinski definition) is 3. The van der Waals surface area contributed by atoms with E-state index < -0.39 is 12.2 Å². The number of aromatic nitrogens is 3. The van der Waals surface area contributed by atoms with Gasteiger partial charge in [0.15, 0.2) is 0 Å². The smallest absolute Gasteiger partial charge is 0.355 e. The maximum absolute atomic E-state index is 12.8. The summed E-state index contributed by atoms with van der Waals surface area (Å²) in [7, 11) is 0. The summed E-state index contributed by atoms with van der Waals surface area (Å²) in [6.07, 6.45) is 0. The van der Waals surface area contributed by atoms with Crippen molar-refractivity contribution in [1.82, 2.24) is 14.3 Å². The molecular formula is C12H12Cl2F2N4O. The highest BCUT2D eigenvalue weighted by atomic mass is 35.5. The molecule has 9 heteroatoms. The molecule has 0 bridgehead atoms. The highest BCUT2D eigenvalue weighted by Gasteiger charge is 2.20. The summed E-state index contributed by atoms with van der Waals surface area (Å²) in [4.78, 5) is 12.0. The Morgan fingerprint density at radius 2 is 2.00 bits per heavy atom. The highest BCUT2D eigenvalue weighted by molar-refractivity contribution is 6.37. The van der Waals surface area contributed by atoms with Gasteiger partial charge in [-0.1, -0.05) is 23.2 Å². The molecular weight excluding hydrogens is 325 g/mol. The molecule has 0 spiro atoms. The zero-order valence-corrected chi connectivity index (χ0v) is 12.7. The molecule has 0 amide bonds. The monoisotopic (exact) mass is 336 g/mol. The van der Waals surface area contributed by atoms with E-state index in [-0.39, 0.29) is 21.1 Å². The first-order valence-electron chi connectivity index (χ1n) is 6.06. The Balaban J connectivity index is 2.65. The molecule has 1 aromatic carbocycles. The van der Waals surface area contributed by atoms with Crippen LogP contribution in [-0.4, -0.2) is 20.9 Å². The van der Waals surface area contributed by atoms with Gasteiger partial charge in [-0.25, -0.2) is 9.36 Å². The summed E-state index contributed by atoms with van der Waals surface area (Å²) in [6, 6.07) is 2.93. The number of alkyl halides is 2. The first kappa shape index (κ1) is 15.8. The number of benzene rings is 1. The minimum Gasteiger partial charge on any atom is -0.384 e. The predicted molar refractivity (Wildman–Crippen MR) is 78.0 cm³/mol. The third kappa shape index (κ3) is 2.89. The number of nitrogens with zero attached hydrogens (tertiary/aromatic N) is 3. The van der Waals surface area contributed by atoms with Gasteiger partial charge in [-0.05, 0) is 26.0 Å². The van der Waals surface area contributed by atoms with Crippen molar-refractivity contribution in [3.63, 3.8) is 0 Å². The molecule has 2 rings (SSSR count). The fourth-order valence-corrected chi connectivity index (χ4v) is 2.41. The zero-order valence-electron chi connectivity index (χ0n) is 11.2. The summed E-state index contributed by atoms with van der Waals surface area (Å²) in [5.41, 5.74) is -0.242. The SMILES string of the molecule is CCNc1cc(-n2nc(C)n(C(F)F)c2=O)c(Cl)cc1Cl. The average Bonchev–Trinajstić information content (AvgIpc) is 2.68. The van der Waals surface area contributed by atoms with Crippen LogP contribution in [0.3, 0.4) is 0 Å². The van der Waals surface area contributed by atoms with Crippen LogP contribution in [0.15, 0.2) is 16.9 Å². The normalized spacial score (nSPS) is 11.2. The Kier molecular flexibility index (Phi) is 4.53. The van der Waals surface area contributed by atoms with Crippen LogP contribution in [0.25, 0.3) is 5.69 Å². The molecule has 0 aliphatic carbocycles. The minimum atomic E-state index is -2.97. The largest absolute Gasteiger partial charge is 0.384 e.